The first-order valence-electron chi connectivity index (χ1n) is 6.36. The van der Waals surface area contributed by atoms with Crippen LogP contribution in [-0.2, 0) is 0 Å². The van der Waals surface area contributed by atoms with Gasteiger partial charge in [-0.15, -0.1) is 0 Å². The van der Waals surface area contributed by atoms with Gasteiger partial charge in [0, 0.05) is 0 Å². The highest BCUT2D eigenvalue weighted by atomic mass is 28.3. The molecule has 2 aliphatic heterocycles. The van der Waals surface area contributed by atoms with Crippen molar-refractivity contribution in [3.05, 3.63) is 48.0 Å². The van der Waals surface area contributed by atoms with Gasteiger partial charge in [-0.1, -0.05) is 69.6 Å². The summed E-state index contributed by atoms with van der Waals surface area (Å²) in [4.78, 5) is 0. The minimum Gasteiger partial charge on any atom is -0.441 e. The van der Waals surface area contributed by atoms with Gasteiger partial charge in [0.25, 0.3) is 0 Å². The van der Waals surface area contributed by atoms with E-state index in [1.54, 1.807) is 0 Å². The van der Waals surface area contributed by atoms with Crippen LogP contribution in [0.2, 0.25) is 18.1 Å². The summed E-state index contributed by atoms with van der Waals surface area (Å²) in [5.74, 6) is 2.32. The molecule has 0 aliphatic carbocycles. The molecule has 2 aliphatic rings. The first-order valence-corrected chi connectivity index (χ1v) is 9.30. The van der Waals surface area contributed by atoms with E-state index in [9.17, 15) is 0 Å². The summed E-state index contributed by atoms with van der Waals surface area (Å²) in [5, 5.41) is 0.370. The fourth-order valence-corrected chi connectivity index (χ4v) is 4.38. The van der Waals surface area contributed by atoms with Crippen LogP contribution in [0.25, 0.3) is 0 Å². The third kappa shape index (κ3) is 2.08. The zero-order chi connectivity index (χ0) is 12.7. The van der Waals surface area contributed by atoms with Crippen molar-refractivity contribution in [3.63, 3.8) is 0 Å². The molecule has 0 amide bonds. The maximum atomic E-state index is 2.61. The number of fused-ring (bicyclic) bond motifs is 1. The number of nitrogens with zero attached hydrogens (tertiary/aromatic N) is 1. The van der Waals surface area contributed by atoms with E-state index in [1.807, 2.05) is 0 Å². The zero-order valence-electron chi connectivity index (χ0n) is 11.6. The second-order valence-corrected chi connectivity index (χ2v) is 11.5. The van der Waals surface area contributed by atoms with Gasteiger partial charge in [0.15, 0.2) is 0 Å². The summed E-state index contributed by atoms with van der Waals surface area (Å²) >= 11 is 0. The average molecular weight is 243 g/mol. The molecule has 0 N–H and O–H groups in total. The monoisotopic (exact) mass is 243 g/mol. The molecule has 0 saturated carbocycles. The third-order valence-electron chi connectivity index (χ3n) is 4.35. The lowest BCUT2D eigenvalue weighted by molar-refractivity contribution is 0.653. The van der Waals surface area contributed by atoms with Gasteiger partial charge in [-0.25, -0.2) is 0 Å². The number of hydrogen-bond donors (Lipinski definition) is 0. The Morgan fingerprint density at radius 2 is 1.82 bits per heavy atom. The van der Waals surface area contributed by atoms with Crippen LogP contribution < -0.4 is 0 Å². The summed E-state index contributed by atoms with van der Waals surface area (Å²) < 4.78 is 2.61. The summed E-state index contributed by atoms with van der Waals surface area (Å²) in [6.07, 6.45) is 13.2. The average Bonchev–Trinajstić information content (AvgIpc) is 2.26. The first-order chi connectivity index (χ1) is 7.84. The van der Waals surface area contributed by atoms with E-state index >= 15 is 0 Å². The van der Waals surface area contributed by atoms with Gasteiger partial charge in [0.1, 0.15) is 8.24 Å². The Bertz CT molecular complexity index is 424. The van der Waals surface area contributed by atoms with Crippen LogP contribution in [0.3, 0.4) is 0 Å². The molecular formula is C14H22BNSi. The Morgan fingerprint density at radius 1 is 1.12 bits per heavy atom. The molecule has 17 heavy (non-hydrogen) atoms. The molecule has 0 radical (unpaired) electrons. The molecule has 3 heteroatoms. The largest absolute Gasteiger partial charge is 0.441 e. The van der Waals surface area contributed by atoms with Gasteiger partial charge in [-0.2, -0.15) is 0 Å². The summed E-state index contributed by atoms with van der Waals surface area (Å²) in [6, 6.07) is 0. The highest BCUT2D eigenvalue weighted by Gasteiger charge is 2.44. The van der Waals surface area contributed by atoms with Crippen molar-refractivity contribution in [2.45, 2.75) is 38.9 Å². The molecule has 1 nitrogen and oxygen atoms in total. The normalized spacial score (nSPS) is 19.5. The number of rotatable bonds is 1. The van der Waals surface area contributed by atoms with Crippen molar-refractivity contribution in [3.8, 4) is 0 Å². The van der Waals surface area contributed by atoms with Gasteiger partial charge < -0.3 is 4.48 Å². The van der Waals surface area contributed by atoms with Crippen molar-refractivity contribution in [1.82, 2.24) is 4.48 Å². The predicted molar refractivity (Wildman–Crippen MR) is 80.3 cm³/mol. The summed E-state index contributed by atoms with van der Waals surface area (Å²) in [7, 11) is -1.49. The van der Waals surface area contributed by atoms with Gasteiger partial charge in [0.2, 0.25) is 0 Å². The van der Waals surface area contributed by atoms with E-state index < -0.39 is 8.24 Å². The molecule has 0 fully saturated rings. The molecule has 0 atom stereocenters. The van der Waals surface area contributed by atoms with Gasteiger partial charge >= 0.3 is 6.85 Å². The van der Waals surface area contributed by atoms with E-state index in [1.165, 1.54) is 5.47 Å². The van der Waals surface area contributed by atoms with Crippen LogP contribution in [0.1, 0.15) is 20.8 Å². The van der Waals surface area contributed by atoms with E-state index in [4.69, 9.17) is 0 Å². The molecule has 0 bridgehead atoms. The minimum atomic E-state index is -1.49. The summed E-state index contributed by atoms with van der Waals surface area (Å²) in [6.45, 7) is 12.5. The molecule has 0 unspecified atom stereocenters. The Morgan fingerprint density at radius 3 is 2.47 bits per heavy atom. The van der Waals surface area contributed by atoms with E-state index in [0.29, 0.717) is 11.9 Å². The quantitative estimate of drug-likeness (QED) is 0.630. The van der Waals surface area contributed by atoms with Crippen molar-refractivity contribution in [2.24, 2.45) is 0 Å². The van der Waals surface area contributed by atoms with Crippen LogP contribution in [0.5, 0.6) is 0 Å². The Labute approximate surface area is 107 Å². The molecule has 0 aromatic rings. The lowest BCUT2D eigenvalue weighted by atomic mass is 9.53. The van der Waals surface area contributed by atoms with Crippen molar-refractivity contribution in [2.75, 3.05) is 0 Å². The molecule has 2 heterocycles. The van der Waals surface area contributed by atoms with Crippen LogP contribution in [0, 0.1) is 0 Å². The predicted octanol–water partition coefficient (Wildman–Crippen LogP) is 3.94. The molecule has 0 aromatic heterocycles. The Hall–Kier alpha value is -0.958. The van der Waals surface area contributed by atoms with Crippen LogP contribution >= 0.6 is 0 Å². The standard InChI is InChI=1S/C14H22BNSi/c1-14(2,3)17(4,5)16-12-8-10-13-9-6-7-11-15(13)16/h6-12H,1-5H3. The molecule has 0 spiro atoms. The van der Waals surface area contributed by atoms with Crippen LogP contribution in [0.15, 0.2) is 48.0 Å². The second kappa shape index (κ2) is 4.06. The highest BCUT2D eigenvalue weighted by Crippen LogP contribution is 2.40. The van der Waals surface area contributed by atoms with Crippen molar-refractivity contribution >= 4 is 15.1 Å². The van der Waals surface area contributed by atoms with E-state index in [-0.39, 0.29) is 0 Å². The number of allylic oxidation sites excluding steroid dienone is 6. The topological polar surface area (TPSA) is 3.24 Å². The van der Waals surface area contributed by atoms with Crippen molar-refractivity contribution < 1.29 is 0 Å². The van der Waals surface area contributed by atoms with Crippen LogP contribution in [0.4, 0.5) is 0 Å². The maximum Gasteiger partial charge on any atom is 0.307 e. The molecule has 90 valence electrons. The lowest BCUT2D eigenvalue weighted by Gasteiger charge is -2.49. The minimum absolute atomic E-state index is 0.370. The zero-order valence-corrected chi connectivity index (χ0v) is 12.6. The smallest absolute Gasteiger partial charge is 0.307 e. The highest BCUT2D eigenvalue weighted by molar-refractivity contribution is 6.90. The van der Waals surface area contributed by atoms with E-state index in [2.05, 4.69) is 80.9 Å². The third-order valence-corrected chi connectivity index (χ3v) is 9.74. The van der Waals surface area contributed by atoms with Gasteiger partial charge in [0.05, 0.1) is 0 Å². The van der Waals surface area contributed by atoms with Gasteiger partial charge in [-0.3, -0.25) is 0 Å². The van der Waals surface area contributed by atoms with Crippen molar-refractivity contribution in [1.29, 1.82) is 0 Å². The molecule has 0 aromatic carbocycles. The molecule has 2 rings (SSSR count). The Balaban J connectivity index is 2.36. The molecular weight excluding hydrogens is 221 g/mol. The van der Waals surface area contributed by atoms with Crippen LogP contribution in [-0.4, -0.2) is 19.6 Å². The fourth-order valence-electron chi connectivity index (χ4n) is 2.21. The van der Waals surface area contributed by atoms with E-state index in [0.717, 1.165) is 0 Å². The maximum absolute atomic E-state index is 2.61. The summed E-state index contributed by atoms with van der Waals surface area (Å²) in [5.41, 5.74) is 1.42. The number of hydrogen-bond acceptors (Lipinski definition) is 1. The first kappa shape index (κ1) is 12.5. The Kier molecular flexibility index (Phi) is 2.98. The van der Waals surface area contributed by atoms with Gasteiger partial charge in [-0.05, 0) is 17.3 Å². The lowest BCUT2D eigenvalue weighted by Crippen LogP contribution is -2.59. The second-order valence-electron chi connectivity index (χ2n) is 6.41. The molecule has 0 saturated heterocycles. The fraction of sp³-hybridized carbons (Fsp3) is 0.429. The SMILES string of the molecule is CC(C)(C)[Si](C)(C)N1C=CC=C2C=CC=CB21.